The number of hydrogen-bond acceptors (Lipinski definition) is 3. The number of halogens is 2. The van der Waals surface area contributed by atoms with Gasteiger partial charge in [-0.2, -0.15) is 0 Å². The summed E-state index contributed by atoms with van der Waals surface area (Å²) in [6.45, 7) is 1.96. The summed E-state index contributed by atoms with van der Waals surface area (Å²) in [5, 5.41) is 0.463. The summed E-state index contributed by atoms with van der Waals surface area (Å²) in [5.41, 5.74) is 6.66. The number of rotatable bonds is 2. The zero-order chi connectivity index (χ0) is 12.6. The second-order valence-corrected chi connectivity index (χ2v) is 6.10. The molecular formula is C12H9BrClNOS. The van der Waals surface area contributed by atoms with Crippen molar-refractivity contribution < 1.29 is 4.79 Å². The summed E-state index contributed by atoms with van der Waals surface area (Å²) in [6, 6.07) is 6.75. The first-order chi connectivity index (χ1) is 7.99. The number of ketones is 1. The van der Waals surface area contributed by atoms with E-state index in [2.05, 4.69) is 15.9 Å². The Hall–Kier alpha value is -0.840. The van der Waals surface area contributed by atoms with Gasteiger partial charge in [0.2, 0.25) is 5.78 Å². The van der Waals surface area contributed by atoms with Crippen LogP contribution in [0.4, 0.5) is 5.69 Å². The van der Waals surface area contributed by atoms with Gasteiger partial charge in [-0.15, -0.1) is 11.3 Å². The van der Waals surface area contributed by atoms with Gasteiger partial charge in [0.05, 0.1) is 15.6 Å². The summed E-state index contributed by atoms with van der Waals surface area (Å²) < 4.78 is 0.952. The third kappa shape index (κ3) is 2.54. The number of carbonyl (C=O) groups excluding carboxylic acids is 1. The molecule has 1 heterocycles. The van der Waals surface area contributed by atoms with Crippen LogP contribution in [0.1, 0.15) is 20.1 Å². The van der Waals surface area contributed by atoms with Crippen LogP contribution in [0.3, 0.4) is 0 Å². The van der Waals surface area contributed by atoms with E-state index in [1.807, 2.05) is 13.0 Å². The van der Waals surface area contributed by atoms with Crippen LogP contribution < -0.4 is 5.73 Å². The van der Waals surface area contributed by atoms with Crippen LogP contribution >= 0.6 is 38.9 Å². The fraction of sp³-hybridized carbons (Fsp3) is 0.0833. The van der Waals surface area contributed by atoms with E-state index in [4.69, 9.17) is 17.3 Å². The van der Waals surface area contributed by atoms with Crippen molar-refractivity contribution in [3.63, 3.8) is 0 Å². The van der Waals surface area contributed by atoms with Crippen molar-refractivity contribution in [3.8, 4) is 0 Å². The van der Waals surface area contributed by atoms with Crippen molar-refractivity contribution >= 4 is 50.3 Å². The van der Waals surface area contributed by atoms with E-state index in [1.54, 1.807) is 18.2 Å². The fourth-order valence-corrected chi connectivity index (χ4v) is 3.01. The quantitative estimate of drug-likeness (QED) is 0.659. The SMILES string of the molecule is Cc1sc(C(=O)c2ccc(Cl)c(N)c2)cc1Br. The molecule has 2 N–H and O–H groups in total. The molecule has 0 aliphatic heterocycles. The summed E-state index contributed by atoms with van der Waals surface area (Å²) in [7, 11) is 0. The highest BCUT2D eigenvalue weighted by atomic mass is 79.9. The van der Waals surface area contributed by atoms with Crippen molar-refractivity contribution in [1.82, 2.24) is 0 Å². The standard InChI is InChI=1S/C12H9BrClNOS/c1-6-8(13)5-11(17-6)12(16)7-2-3-9(14)10(15)4-7/h2-5H,15H2,1H3. The van der Waals surface area contributed by atoms with Gasteiger partial charge in [0.25, 0.3) is 0 Å². The Labute approximate surface area is 117 Å². The second-order valence-electron chi connectivity index (χ2n) is 3.58. The van der Waals surface area contributed by atoms with E-state index >= 15 is 0 Å². The molecule has 2 aromatic rings. The number of aryl methyl sites for hydroxylation is 1. The number of carbonyl (C=O) groups is 1. The van der Waals surface area contributed by atoms with Gasteiger partial charge in [0.1, 0.15) is 0 Å². The normalized spacial score (nSPS) is 10.5. The third-order valence-electron chi connectivity index (χ3n) is 2.34. The Bertz CT molecular complexity index is 575. The van der Waals surface area contributed by atoms with Crippen LogP contribution in [0.25, 0.3) is 0 Å². The molecule has 0 saturated carbocycles. The number of benzene rings is 1. The first-order valence-electron chi connectivity index (χ1n) is 4.84. The Morgan fingerprint density at radius 3 is 2.65 bits per heavy atom. The second kappa shape index (κ2) is 4.80. The van der Waals surface area contributed by atoms with Gasteiger partial charge >= 0.3 is 0 Å². The highest BCUT2D eigenvalue weighted by molar-refractivity contribution is 9.10. The predicted molar refractivity (Wildman–Crippen MR) is 76.1 cm³/mol. The van der Waals surface area contributed by atoms with Gasteiger partial charge in [0.15, 0.2) is 0 Å². The molecular weight excluding hydrogens is 322 g/mol. The minimum Gasteiger partial charge on any atom is -0.398 e. The Balaban J connectivity index is 2.40. The van der Waals surface area contributed by atoms with E-state index in [9.17, 15) is 4.79 Å². The molecule has 5 heteroatoms. The molecule has 17 heavy (non-hydrogen) atoms. The lowest BCUT2D eigenvalue weighted by molar-refractivity contribution is 0.104. The van der Waals surface area contributed by atoms with Crippen molar-refractivity contribution in [2.24, 2.45) is 0 Å². The van der Waals surface area contributed by atoms with Crippen molar-refractivity contribution in [1.29, 1.82) is 0 Å². The number of nitrogens with two attached hydrogens (primary N) is 1. The van der Waals surface area contributed by atoms with Gasteiger partial charge in [-0.3, -0.25) is 4.79 Å². The van der Waals surface area contributed by atoms with Gasteiger partial charge in [-0.05, 0) is 47.1 Å². The van der Waals surface area contributed by atoms with E-state index in [0.717, 1.165) is 9.35 Å². The van der Waals surface area contributed by atoms with Crippen LogP contribution in [0.2, 0.25) is 5.02 Å². The Kier molecular flexibility index (Phi) is 3.56. The average molecular weight is 331 g/mol. The maximum atomic E-state index is 12.2. The Morgan fingerprint density at radius 1 is 1.41 bits per heavy atom. The monoisotopic (exact) mass is 329 g/mol. The van der Waals surface area contributed by atoms with Crippen LogP contribution in [0.15, 0.2) is 28.7 Å². The first-order valence-corrected chi connectivity index (χ1v) is 6.83. The minimum atomic E-state index is -0.0350. The van der Waals surface area contributed by atoms with Crippen molar-refractivity contribution in [3.05, 3.63) is 49.1 Å². The van der Waals surface area contributed by atoms with Crippen molar-refractivity contribution in [2.45, 2.75) is 6.92 Å². The molecule has 2 rings (SSSR count). The zero-order valence-corrected chi connectivity index (χ0v) is 12.1. The fourth-order valence-electron chi connectivity index (χ4n) is 1.40. The van der Waals surface area contributed by atoms with E-state index in [-0.39, 0.29) is 5.78 Å². The lowest BCUT2D eigenvalue weighted by Gasteiger charge is -2.01. The topological polar surface area (TPSA) is 43.1 Å². The van der Waals surface area contributed by atoms with Crippen LogP contribution in [0, 0.1) is 6.92 Å². The maximum absolute atomic E-state index is 12.2. The molecule has 0 aliphatic carbocycles. The molecule has 0 saturated heterocycles. The molecule has 0 fully saturated rings. The number of thiophene rings is 1. The van der Waals surface area contributed by atoms with Gasteiger partial charge < -0.3 is 5.73 Å². The highest BCUT2D eigenvalue weighted by Crippen LogP contribution is 2.29. The van der Waals surface area contributed by atoms with Gasteiger partial charge in [-0.1, -0.05) is 11.6 Å². The number of nitrogen functional groups attached to an aromatic ring is 1. The third-order valence-corrected chi connectivity index (χ3v) is 4.82. The number of hydrogen-bond donors (Lipinski definition) is 1. The van der Waals surface area contributed by atoms with E-state index < -0.39 is 0 Å². The molecule has 0 bridgehead atoms. The smallest absolute Gasteiger partial charge is 0.203 e. The average Bonchev–Trinajstić information content (AvgIpc) is 2.62. The summed E-state index contributed by atoms with van der Waals surface area (Å²) in [4.78, 5) is 13.9. The Morgan fingerprint density at radius 2 is 2.12 bits per heavy atom. The summed E-state index contributed by atoms with van der Waals surface area (Å²) in [5.74, 6) is -0.0350. The highest BCUT2D eigenvalue weighted by Gasteiger charge is 2.14. The maximum Gasteiger partial charge on any atom is 0.203 e. The first kappa shape index (κ1) is 12.6. The summed E-state index contributed by atoms with van der Waals surface area (Å²) >= 11 is 10.7. The number of anilines is 1. The molecule has 2 nitrogen and oxygen atoms in total. The summed E-state index contributed by atoms with van der Waals surface area (Å²) in [6.07, 6.45) is 0. The zero-order valence-electron chi connectivity index (χ0n) is 8.96. The minimum absolute atomic E-state index is 0.0350. The van der Waals surface area contributed by atoms with E-state index in [1.165, 1.54) is 11.3 Å². The molecule has 88 valence electrons. The molecule has 0 amide bonds. The molecule has 0 aliphatic rings. The largest absolute Gasteiger partial charge is 0.398 e. The van der Waals surface area contributed by atoms with E-state index in [0.29, 0.717) is 21.2 Å². The molecule has 0 atom stereocenters. The molecule has 0 spiro atoms. The van der Waals surface area contributed by atoms with Crippen LogP contribution in [-0.4, -0.2) is 5.78 Å². The predicted octanol–water partition coefficient (Wildman–Crippen LogP) is 4.29. The van der Waals surface area contributed by atoms with Crippen LogP contribution in [0.5, 0.6) is 0 Å². The molecule has 1 aromatic carbocycles. The van der Waals surface area contributed by atoms with Crippen molar-refractivity contribution in [2.75, 3.05) is 5.73 Å². The van der Waals surface area contributed by atoms with Crippen LogP contribution in [-0.2, 0) is 0 Å². The van der Waals surface area contributed by atoms with Gasteiger partial charge in [0, 0.05) is 14.9 Å². The van der Waals surface area contributed by atoms with Gasteiger partial charge in [-0.25, -0.2) is 0 Å². The molecule has 0 unspecified atom stereocenters. The molecule has 0 radical (unpaired) electrons. The lowest BCUT2D eigenvalue weighted by Crippen LogP contribution is -1.99. The molecule has 1 aromatic heterocycles. The lowest BCUT2D eigenvalue weighted by atomic mass is 10.1.